The minimum absolute atomic E-state index is 0.134. The van der Waals surface area contributed by atoms with Gasteiger partial charge in [-0.2, -0.15) is 0 Å². The molecule has 3 rings (SSSR count). The summed E-state index contributed by atoms with van der Waals surface area (Å²) in [6.45, 7) is 3.36. The van der Waals surface area contributed by atoms with Gasteiger partial charge in [-0.05, 0) is 75.9 Å². The molecule has 0 saturated carbocycles. The van der Waals surface area contributed by atoms with Gasteiger partial charge in [-0.1, -0.05) is 0 Å². The minimum Gasteiger partial charge on any atom is -0.495 e. The molecular formula is C21H26FN3O3S. The second-order valence-corrected chi connectivity index (χ2v) is 9.04. The largest absolute Gasteiger partial charge is 0.495 e. The number of hydrogen-bond donors (Lipinski definition) is 1. The Bertz CT molecular complexity index is 1120. The maximum Gasteiger partial charge on any atom is 0.268 e. The van der Waals surface area contributed by atoms with Crippen LogP contribution in [0, 0.1) is 12.7 Å². The molecule has 8 heteroatoms. The first kappa shape index (κ1) is 21.1. The van der Waals surface area contributed by atoms with Gasteiger partial charge < -0.3 is 15.0 Å². The highest BCUT2D eigenvalue weighted by Gasteiger charge is 2.22. The number of benzene rings is 2. The molecule has 0 bridgehead atoms. The number of aromatic nitrogens is 1. The molecule has 0 unspecified atom stereocenters. The van der Waals surface area contributed by atoms with Gasteiger partial charge in [-0.3, -0.25) is 0 Å². The van der Waals surface area contributed by atoms with Gasteiger partial charge >= 0.3 is 0 Å². The predicted octanol–water partition coefficient (Wildman–Crippen LogP) is 3.70. The topological polar surface area (TPSA) is 63.6 Å². The molecule has 1 heterocycles. The first-order valence-electron chi connectivity index (χ1n) is 9.33. The summed E-state index contributed by atoms with van der Waals surface area (Å²) in [4.78, 5) is 2.22. The lowest BCUT2D eigenvalue weighted by molar-refractivity contribution is 0.404. The number of hydrogen-bond acceptors (Lipinski definition) is 5. The number of anilines is 1. The number of aryl methyl sites for hydroxylation is 1. The highest BCUT2D eigenvalue weighted by Crippen LogP contribution is 2.31. The zero-order valence-corrected chi connectivity index (χ0v) is 17.9. The van der Waals surface area contributed by atoms with Gasteiger partial charge in [0.05, 0.1) is 23.2 Å². The van der Waals surface area contributed by atoms with Crippen LogP contribution >= 0.6 is 0 Å². The van der Waals surface area contributed by atoms with E-state index < -0.39 is 15.8 Å². The summed E-state index contributed by atoms with van der Waals surface area (Å²) in [5.74, 6) is 0.175. The van der Waals surface area contributed by atoms with E-state index in [9.17, 15) is 12.8 Å². The Labute approximate surface area is 170 Å². The van der Waals surface area contributed by atoms with Crippen molar-refractivity contribution in [2.75, 3.05) is 39.6 Å². The van der Waals surface area contributed by atoms with Crippen molar-refractivity contribution in [1.82, 2.24) is 8.87 Å². The molecule has 3 aromatic rings. The molecule has 0 aliphatic rings. The lowest BCUT2D eigenvalue weighted by atomic mass is 10.2. The van der Waals surface area contributed by atoms with Crippen molar-refractivity contribution < 1.29 is 17.5 Å². The van der Waals surface area contributed by atoms with Crippen molar-refractivity contribution in [2.24, 2.45) is 0 Å². The monoisotopic (exact) mass is 419 g/mol. The molecule has 2 aromatic carbocycles. The summed E-state index contributed by atoms with van der Waals surface area (Å²) in [5.41, 5.74) is 1.75. The van der Waals surface area contributed by atoms with Crippen LogP contribution in [0.25, 0.3) is 10.9 Å². The van der Waals surface area contributed by atoms with Crippen molar-refractivity contribution in [3.05, 3.63) is 54.0 Å². The molecule has 1 aromatic heterocycles. The van der Waals surface area contributed by atoms with Crippen LogP contribution in [0.2, 0.25) is 0 Å². The number of nitrogens with zero attached hydrogens (tertiary/aromatic N) is 2. The van der Waals surface area contributed by atoms with Crippen LogP contribution < -0.4 is 10.1 Å². The molecule has 0 atom stereocenters. The number of halogens is 1. The van der Waals surface area contributed by atoms with Crippen molar-refractivity contribution in [1.29, 1.82) is 0 Å². The standard InChI is InChI=1S/C21H26FN3O3S/c1-15-14-25(20-8-6-16(22)12-18(15)20)29(26,27)17-7-9-21(28-4)19(13-17)23-10-5-11-24(2)3/h6-9,12-14,23H,5,10-11H2,1-4H3. The lowest BCUT2D eigenvalue weighted by Crippen LogP contribution is -2.17. The smallest absolute Gasteiger partial charge is 0.268 e. The molecule has 0 radical (unpaired) electrons. The van der Waals surface area contributed by atoms with Crippen LogP contribution in [0.1, 0.15) is 12.0 Å². The molecule has 6 nitrogen and oxygen atoms in total. The zero-order chi connectivity index (χ0) is 21.2. The molecular weight excluding hydrogens is 393 g/mol. The van der Waals surface area contributed by atoms with Crippen LogP contribution in [-0.4, -0.2) is 51.6 Å². The van der Waals surface area contributed by atoms with E-state index >= 15 is 0 Å². The minimum atomic E-state index is -3.86. The molecule has 0 aliphatic heterocycles. The fourth-order valence-electron chi connectivity index (χ4n) is 3.25. The zero-order valence-electron chi connectivity index (χ0n) is 17.1. The van der Waals surface area contributed by atoms with Crippen LogP contribution in [-0.2, 0) is 10.0 Å². The second kappa shape index (κ2) is 8.42. The van der Waals surface area contributed by atoms with Crippen LogP contribution in [0.3, 0.4) is 0 Å². The summed E-state index contributed by atoms with van der Waals surface area (Å²) in [7, 11) is 1.69. The first-order chi connectivity index (χ1) is 13.7. The van der Waals surface area contributed by atoms with E-state index in [1.54, 1.807) is 26.2 Å². The predicted molar refractivity (Wildman–Crippen MR) is 114 cm³/mol. The van der Waals surface area contributed by atoms with Crippen molar-refractivity contribution in [3.63, 3.8) is 0 Å². The van der Waals surface area contributed by atoms with Gasteiger partial charge in [-0.15, -0.1) is 0 Å². The van der Waals surface area contributed by atoms with Gasteiger partial charge in [0, 0.05) is 18.1 Å². The van der Waals surface area contributed by atoms with E-state index in [1.807, 2.05) is 14.1 Å². The van der Waals surface area contributed by atoms with Crippen molar-refractivity contribution >= 4 is 26.6 Å². The summed E-state index contributed by atoms with van der Waals surface area (Å²) in [6.07, 6.45) is 2.42. The molecule has 0 saturated heterocycles. The third-order valence-electron chi connectivity index (χ3n) is 4.76. The Morgan fingerprint density at radius 2 is 1.93 bits per heavy atom. The number of nitrogens with one attached hydrogen (secondary N) is 1. The van der Waals surface area contributed by atoms with E-state index in [0.717, 1.165) is 13.0 Å². The van der Waals surface area contributed by atoms with Crippen LogP contribution in [0.4, 0.5) is 10.1 Å². The quantitative estimate of drug-likeness (QED) is 0.564. The molecule has 29 heavy (non-hydrogen) atoms. The van der Waals surface area contributed by atoms with E-state index in [-0.39, 0.29) is 4.90 Å². The summed E-state index contributed by atoms with van der Waals surface area (Å²) >= 11 is 0. The second-order valence-electron chi connectivity index (χ2n) is 7.22. The number of methoxy groups -OCH3 is 1. The van der Waals surface area contributed by atoms with E-state index in [4.69, 9.17) is 4.74 Å². The molecule has 0 fully saturated rings. The highest BCUT2D eigenvalue weighted by atomic mass is 32.2. The molecule has 0 amide bonds. The first-order valence-corrected chi connectivity index (χ1v) is 10.8. The normalized spacial score (nSPS) is 11.9. The Morgan fingerprint density at radius 3 is 2.62 bits per heavy atom. The van der Waals surface area contributed by atoms with E-state index in [2.05, 4.69) is 10.2 Å². The van der Waals surface area contributed by atoms with Gasteiger partial charge in [0.2, 0.25) is 0 Å². The van der Waals surface area contributed by atoms with Gasteiger partial charge in [0.15, 0.2) is 0 Å². The fraction of sp³-hybridized carbons (Fsp3) is 0.333. The Morgan fingerprint density at radius 1 is 1.17 bits per heavy atom. The average Bonchev–Trinajstić information content (AvgIpc) is 3.01. The van der Waals surface area contributed by atoms with Gasteiger partial charge in [0.25, 0.3) is 10.0 Å². The van der Waals surface area contributed by atoms with E-state index in [0.29, 0.717) is 34.4 Å². The number of rotatable bonds is 8. The maximum absolute atomic E-state index is 13.6. The van der Waals surface area contributed by atoms with Gasteiger partial charge in [-0.25, -0.2) is 16.8 Å². The summed E-state index contributed by atoms with van der Waals surface area (Å²) in [5, 5.41) is 3.83. The Kier molecular flexibility index (Phi) is 6.14. The summed E-state index contributed by atoms with van der Waals surface area (Å²) in [6, 6.07) is 8.83. The van der Waals surface area contributed by atoms with Crippen molar-refractivity contribution in [2.45, 2.75) is 18.2 Å². The third-order valence-corrected chi connectivity index (χ3v) is 6.43. The van der Waals surface area contributed by atoms with Gasteiger partial charge in [0.1, 0.15) is 11.6 Å². The fourth-order valence-corrected chi connectivity index (χ4v) is 4.70. The van der Waals surface area contributed by atoms with Crippen LogP contribution in [0.5, 0.6) is 5.75 Å². The molecule has 1 N–H and O–H groups in total. The number of fused-ring (bicyclic) bond motifs is 1. The third kappa shape index (κ3) is 4.38. The molecule has 0 spiro atoms. The average molecular weight is 420 g/mol. The van der Waals surface area contributed by atoms with Crippen LogP contribution in [0.15, 0.2) is 47.5 Å². The molecule has 156 valence electrons. The summed E-state index contributed by atoms with van der Waals surface area (Å²) < 4.78 is 46.8. The Balaban J connectivity index is 1.98. The lowest BCUT2D eigenvalue weighted by Gasteiger charge is -2.15. The Hall–Kier alpha value is -2.58. The number of ether oxygens (including phenoxy) is 1. The maximum atomic E-state index is 13.6. The van der Waals surface area contributed by atoms with Crippen molar-refractivity contribution in [3.8, 4) is 5.75 Å². The molecule has 0 aliphatic carbocycles. The van der Waals surface area contributed by atoms with E-state index in [1.165, 1.54) is 34.4 Å². The SMILES string of the molecule is COc1ccc(S(=O)(=O)n2cc(C)c3cc(F)ccc32)cc1NCCCN(C)C. The highest BCUT2D eigenvalue weighted by molar-refractivity contribution is 7.90.